The standard InChI is InChI=1S/C20H18FNO/c1-12(23)19-17-11-16(21)8-9-18(17)22-20(19)15-7-6-13-4-2-3-5-14(13)10-15/h6-11,22H,2-5H2,1H3. The lowest BCUT2D eigenvalue weighted by molar-refractivity contribution is 0.102. The van der Waals surface area contributed by atoms with Crippen molar-refractivity contribution in [2.75, 3.05) is 0 Å². The van der Waals surface area contributed by atoms with E-state index in [1.54, 1.807) is 6.07 Å². The summed E-state index contributed by atoms with van der Waals surface area (Å²) in [6.07, 6.45) is 4.69. The number of rotatable bonds is 2. The molecule has 0 saturated heterocycles. The molecule has 1 heterocycles. The van der Waals surface area contributed by atoms with Gasteiger partial charge in [-0.05, 0) is 73.6 Å². The molecule has 4 rings (SSSR count). The predicted octanol–water partition coefficient (Wildman–Crippen LogP) is 5.06. The van der Waals surface area contributed by atoms with Crippen LogP contribution in [0.15, 0.2) is 36.4 Å². The Morgan fingerprint density at radius 3 is 2.61 bits per heavy atom. The number of benzene rings is 2. The van der Waals surface area contributed by atoms with Crippen LogP contribution in [0.25, 0.3) is 22.2 Å². The summed E-state index contributed by atoms with van der Waals surface area (Å²) >= 11 is 0. The summed E-state index contributed by atoms with van der Waals surface area (Å²) in [6, 6.07) is 11.0. The first kappa shape index (κ1) is 14.2. The number of carbonyl (C=O) groups excluding carboxylic acids is 1. The molecule has 0 radical (unpaired) electrons. The summed E-state index contributed by atoms with van der Waals surface area (Å²) in [7, 11) is 0. The van der Waals surface area contributed by atoms with Crippen LogP contribution in [0.1, 0.15) is 41.3 Å². The highest BCUT2D eigenvalue weighted by Gasteiger charge is 2.19. The number of aromatic nitrogens is 1. The van der Waals surface area contributed by atoms with Crippen molar-refractivity contribution in [3.05, 3.63) is 58.9 Å². The Kier molecular flexibility index (Phi) is 3.29. The number of aryl methyl sites for hydroxylation is 2. The number of aromatic amines is 1. The van der Waals surface area contributed by atoms with E-state index >= 15 is 0 Å². The zero-order chi connectivity index (χ0) is 16.0. The number of Topliss-reactive ketones (excluding diaryl/α,β-unsaturated/α-hetero) is 1. The Balaban J connectivity index is 1.94. The Bertz CT molecular complexity index is 923. The van der Waals surface area contributed by atoms with Gasteiger partial charge in [-0.2, -0.15) is 0 Å². The first-order valence-corrected chi connectivity index (χ1v) is 8.08. The monoisotopic (exact) mass is 307 g/mol. The van der Waals surface area contributed by atoms with Gasteiger partial charge in [-0.1, -0.05) is 12.1 Å². The minimum absolute atomic E-state index is 0.0467. The van der Waals surface area contributed by atoms with E-state index in [2.05, 4.69) is 23.2 Å². The fraction of sp³-hybridized carbons (Fsp3) is 0.250. The Hall–Kier alpha value is -2.42. The van der Waals surface area contributed by atoms with Crippen molar-refractivity contribution >= 4 is 16.7 Å². The normalized spacial score (nSPS) is 14.0. The van der Waals surface area contributed by atoms with Crippen LogP contribution in [-0.2, 0) is 12.8 Å². The zero-order valence-electron chi connectivity index (χ0n) is 13.1. The molecule has 3 heteroatoms. The summed E-state index contributed by atoms with van der Waals surface area (Å²) in [5.41, 5.74) is 5.96. The fourth-order valence-corrected chi connectivity index (χ4v) is 3.64. The van der Waals surface area contributed by atoms with Crippen molar-refractivity contribution < 1.29 is 9.18 Å². The van der Waals surface area contributed by atoms with Gasteiger partial charge in [0, 0.05) is 10.9 Å². The molecule has 1 aliphatic rings. The third-order valence-corrected chi connectivity index (χ3v) is 4.75. The molecule has 0 bridgehead atoms. The SMILES string of the molecule is CC(=O)c1c(-c2ccc3c(c2)CCCC3)[nH]c2ccc(F)cc12. The highest BCUT2D eigenvalue weighted by molar-refractivity contribution is 6.12. The van der Waals surface area contributed by atoms with E-state index < -0.39 is 0 Å². The highest BCUT2D eigenvalue weighted by Crippen LogP contribution is 2.33. The van der Waals surface area contributed by atoms with Gasteiger partial charge in [0.2, 0.25) is 0 Å². The van der Waals surface area contributed by atoms with E-state index in [0.29, 0.717) is 10.9 Å². The van der Waals surface area contributed by atoms with Crippen LogP contribution < -0.4 is 0 Å². The second-order valence-corrected chi connectivity index (χ2v) is 6.31. The fourth-order valence-electron chi connectivity index (χ4n) is 3.64. The lowest BCUT2D eigenvalue weighted by Gasteiger charge is -2.16. The van der Waals surface area contributed by atoms with Gasteiger partial charge in [0.15, 0.2) is 5.78 Å². The number of carbonyl (C=O) groups is 1. The highest BCUT2D eigenvalue weighted by atomic mass is 19.1. The van der Waals surface area contributed by atoms with E-state index in [9.17, 15) is 9.18 Å². The molecule has 1 aliphatic carbocycles. The van der Waals surface area contributed by atoms with E-state index in [1.165, 1.54) is 43.0 Å². The minimum Gasteiger partial charge on any atom is -0.354 e. The predicted molar refractivity (Wildman–Crippen MR) is 90.3 cm³/mol. The molecule has 3 aromatic rings. The summed E-state index contributed by atoms with van der Waals surface area (Å²) in [5.74, 6) is -0.370. The largest absolute Gasteiger partial charge is 0.354 e. The maximum Gasteiger partial charge on any atom is 0.162 e. The Morgan fingerprint density at radius 2 is 1.83 bits per heavy atom. The second kappa shape index (κ2) is 5.34. The van der Waals surface area contributed by atoms with E-state index in [4.69, 9.17) is 0 Å². The van der Waals surface area contributed by atoms with Crippen LogP contribution in [0.2, 0.25) is 0 Å². The molecule has 116 valence electrons. The van der Waals surface area contributed by atoms with Crippen molar-refractivity contribution in [2.45, 2.75) is 32.6 Å². The molecule has 2 nitrogen and oxygen atoms in total. The van der Waals surface area contributed by atoms with Crippen LogP contribution >= 0.6 is 0 Å². The van der Waals surface area contributed by atoms with Gasteiger partial charge < -0.3 is 4.98 Å². The number of H-pyrrole nitrogens is 1. The number of hydrogen-bond donors (Lipinski definition) is 1. The van der Waals surface area contributed by atoms with Crippen LogP contribution in [0.3, 0.4) is 0 Å². The quantitative estimate of drug-likeness (QED) is 0.660. The van der Waals surface area contributed by atoms with E-state index in [-0.39, 0.29) is 11.6 Å². The third-order valence-electron chi connectivity index (χ3n) is 4.75. The average molecular weight is 307 g/mol. The summed E-state index contributed by atoms with van der Waals surface area (Å²) in [6.45, 7) is 1.54. The van der Waals surface area contributed by atoms with Crippen molar-refractivity contribution in [3.63, 3.8) is 0 Å². The average Bonchev–Trinajstić information content (AvgIpc) is 2.93. The maximum atomic E-state index is 13.6. The van der Waals surface area contributed by atoms with Gasteiger partial charge in [-0.3, -0.25) is 4.79 Å². The summed E-state index contributed by atoms with van der Waals surface area (Å²) in [4.78, 5) is 15.5. The third kappa shape index (κ3) is 2.37. The number of ketones is 1. The number of halogens is 1. The molecule has 0 spiro atoms. The van der Waals surface area contributed by atoms with Crippen molar-refractivity contribution in [3.8, 4) is 11.3 Å². The molecular formula is C20H18FNO. The van der Waals surface area contributed by atoms with Crippen LogP contribution in [0.5, 0.6) is 0 Å². The first-order valence-electron chi connectivity index (χ1n) is 8.08. The maximum absolute atomic E-state index is 13.6. The van der Waals surface area contributed by atoms with E-state index in [1.807, 2.05) is 0 Å². The van der Waals surface area contributed by atoms with E-state index in [0.717, 1.165) is 29.6 Å². The van der Waals surface area contributed by atoms with Crippen molar-refractivity contribution in [1.82, 2.24) is 4.98 Å². The van der Waals surface area contributed by atoms with Gasteiger partial charge in [0.25, 0.3) is 0 Å². The topological polar surface area (TPSA) is 32.9 Å². The Labute approximate surface area is 134 Å². The minimum atomic E-state index is -0.323. The molecule has 0 atom stereocenters. The van der Waals surface area contributed by atoms with Gasteiger partial charge in [-0.15, -0.1) is 0 Å². The molecule has 1 aromatic heterocycles. The lowest BCUT2D eigenvalue weighted by Crippen LogP contribution is -2.03. The molecule has 1 N–H and O–H groups in total. The molecule has 0 aliphatic heterocycles. The molecule has 0 amide bonds. The zero-order valence-corrected chi connectivity index (χ0v) is 13.1. The summed E-state index contributed by atoms with van der Waals surface area (Å²) < 4.78 is 13.6. The lowest BCUT2D eigenvalue weighted by atomic mass is 9.89. The smallest absolute Gasteiger partial charge is 0.162 e. The molecular weight excluding hydrogens is 289 g/mol. The number of nitrogens with one attached hydrogen (secondary N) is 1. The number of hydrogen-bond acceptors (Lipinski definition) is 1. The van der Waals surface area contributed by atoms with Crippen LogP contribution in [0.4, 0.5) is 4.39 Å². The van der Waals surface area contributed by atoms with Crippen LogP contribution in [-0.4, -0.2) is 10.8 Å². The molecule has 0 fully saturated rings. The van der Waals surface area contributed by atoms with Crippen LogP contribution in [0, 0.1) is 5.82 Å². The van der Waals surface area contributed by atoms with Gasteiger partial charge in [-0.25, -0.2) is 4.39 Å². The molecule has 0 unspecified atom stereocenters. The van der Waals surface area contributed by atoms with Crippen molar-refractivity contribution in [1.29, 1.82) is 0 Å². The van der Waals surface area contributed by atoms with Gasteiger partial charge in [0.05, 0.1) is 11.3 Å². The van der Waals surface area contributed by atoms with Gasteiger partial charge >= 0.3 is 0 Å². The summed E-state index contributed by atoms with van der Waals surface area (Å²) in [5, 5.41) is 0.658. The van der Waals surface area contributed by atoms with Gasteiger partial charge in [0.1, 0.15) is 5.82 Å². The number of fused-ring (bicyclic) bond motifs is 2. The molecule has 2 aromatic carbocycles. The first-order chi connectivity index (χ1) is 11.1. The second-order valence-electron chi connectivity index (χ2n) is 6.31. The molecule has 23 heavy (non-hydrogen) atoms. The van der Waals surface area contributed by atoms with Crippen molar-refractivity contribution in [2.24, 2.45) is 0 Å². The Morgan fingerprint density at radius 1 is 1.04 bits per heavy atom. The molecule has 0 saturated carbocycles.